The molecule has 2 aromatic rings. The third-order valence-electron chi connectivity index (χ3n) is 2.97. The van der Waals surface area contributed by atoms with E-state index in [2.05, 4.69) is 15.8 Å². The largest absolute Gasteiger partial charge is 0.331 e. The predicted molar refractivity (Wildman–Crippen MR) is 96.8 cm³/mol. The number of halogens is 1. The van der Waals surface area contributed by atoms with Gasteiger partial charge in [-0.3, -0.25) is 5.43 Å². The highest BCUT2D eigenvalue weighted by Crippen LogP contribution is 2.22. The van der Waals surface area contributed by atoms with Crippen molar-refractivity contribution < 1.29 is 0 Å². The number of hydrogen-bond acceptors (Lipinski definition) is 3. The monoisotopic (exact) mass is 337 g/mol. The topological polar surface area (TPSA) is 36.4 Å². The summed E-state index contributed by atoms with van der Waals surface area (Å²) in [5.41, 5.74) is 7.01. The molecule has 2 rings (SSSR count). The zero-order valence-electron chi connectivity index (χ0n) is 12.0. The molecule has 2 N–H and O–H groups in total. The molecule has 0 saturated carbocycles. The van der Waals surface area contributed by atoms with Gasteiger partial charge in [0.15, 0.2) is 5.11 Å². The van der Waals surface area contributed by atoms with Crippen LogP contribution in [-0.4, -0.2) is 10.8 Å². The van der Waals surface area contributed by atoms with Crippen LogP contribution >= 0.6 is 35.2 Å². The van der Waals surface area contributed by atoms with Crippen LogP contribution in [0.25, 0.3) is 0 Å². The predicted octanol–water partition coefficient (Wildman–Crippen LogP) is 4.73. The van der Waals surface area contributed by atoms with Crippen molar-refractivity contribution in [3.63, 3.8) is 0 Å². The van der Waals surface area contributed by atoms with Gasteiger partial charge >= 0.3 is 0 Å². The van der Waals surface area contributed by atoms with E-state index in [1.54, 1.807) is 0 Å². The molecule has 1 heterocycles. The number of hydrazone groups is 1. The lowest BCUT2D eigenvalue weighted by molar-refractivity contribution is 1.04. The Morgan fingerprint density at radius 2 is 1.86 bits per heavy atom. The van der Waals surface area contributed by atoms with Gasteiger partial charge in [-0.15, -0.1) is 11.3 Å². The van der Waals surface area contributed by atoms with Crippen LogP contribution in [-0.2, 0) is 0 Å². The van der Waals surface area contributed by atoms with Crippen LogP contribution in [0, 0.1) is 13.8 Å². The van der Waals surface area contributed by atoms with E-state index in [0.717, 1.165) is 31.7 Å². The molecule has 0 aliphatic heterocycles. The summed E-state index contributed by atoms with van der Waals surface area (Å²) in [4.78, 5) is 1.02. The molecule has 0 bridgehead atoms. The number of hydrogen-bond donors (Lipinski definition) is 2. The summed E-state index contributed by atoms with van der Waals surface area (Å²) in [5, 5.41) is 7.93. The van der Waals surface area contributed by atoms with Gasteiger partial charge in [-0.1, -0.05) is 29.8 Å². The zero-order valence-corrected chi connectivity index (χ0v) is 14.4. The number of nitrogens with zero attached hydrogens (tertiary/aromatic N) is 1. The van der Waals surface area contributed by atoms with Gasteiger partial charge in [-0.05, 0) is 56.2 Å². The second-order valence-corrected chi connectivity index (χ2v) is 6.76. The zero-order chi connectivity index (χ0) is 15.4. The summed E-state index contributed by atoms with van der Waals surface area (Å²) in [5.74, 6) is 0. The van der Waals surface area contributed by atoms with Crippen LogP contribution < -0.4 is 10.7 Å². The summed E-state index contributed by atoms with van der Waals surface area (Å²) in [6.45, 7) is 6.00. The van der Waals surface area contributed by atoms with Crippen LogP contribution in [0.4, 0.5) is 5.69 Å². The van der Waals surface area contributed by atoms with Crippen molar-refractivity contribution in [2.24, 2.45) is 5.10 Å². The van der Waals surface area contributed by atoms with Crippen molar-refractivity contribution in [2.45, 2.75) is 20.8 Å². The maximum Gasteiger partial charge on any atom is 0.191 e. The van der Waals surface area contributed by atoms with E-state index in [1.165, 1.54) is 11.3 Å². The van der Waals surface area contributed by atoms with Crippen molar-refractivity contribution in [3.8, 4) is 0 Å². The Morgan fingerprint density at radius 3 is 2.43 bits per heavy atom. The van der Waals surface area contributed by atoms with E-state index < -0.39 is 0 Å². The Morgan fingerprint density at radius 1 is 1.19 bits per heavy atom. The number of benzene rings is 1. The lowest BCUT2D eigenvalue weighted by Crippen LogP contribution is -2.25. The molecule has 6 heteroatoms. The third kappa shape index (κ3) is 4.27. The van der Waals surface area contributed by atoms with E-state index in [1.807, 2.05) is 51.1 Å². The van der Waals surface area contributed by atoms with Gasteiger partial charge in [0.25, 0.3) is 0 Å². The van der Waals surface area contributed by atoms with Gasteiger partial charge in [-0.25, -0.2) is 0 Å². The first-order valence-corrected chi connectivity index (χ1v) is 8.01. The third-order valence-corrected chi connectivity index (χ3v) is 4.51. The summed E-state index contributed by atoms with van der Waals surface area (Å²) in [7, 11) is 0. The quantitative estimate of drug-likeness (QED) is 0.483. The number of anilines is 1. The van der Waals surface area contributed by atoms with Gasteiger partial charge in [0.05, 0.1) is 14.9 Å². The number of para-hydroxylation sites is 1. The van der Waals surface area contributed by atoms with E-state index >= 15 is 0 Å². The Balaban J connectivity index is 2.02. The molecule has 0 atom stereocenters. The van der Waals surface area contributed by atoms with Gasteiger partial charge in [0.2, 0.25) is 0 Å². The van der Waals surface area contributed by atoms with Crippen molar-refractivity contribution >= 4 is 51.7 Å². The lowest BCUT2D eigenvalue weighted by Gasteiger charge is -2.12. The summed E-state index contributed by atoms with van der Waals surface area (Å²) >= 11 is 12.7. The van der Waals surface area contributed by atoms with E-state index in [0.29, 0.717) is 5.11 Å². The molecule has 0 unspecified atom stereocenters. The van der Waals surface area contributed by atoms with E-state index in [4.69, 9.17) is 23.8 Å². The normalized spacial score (nSPS) is 11.3. The first kappa shape index (κ1) is 15.9. The van der Waals surface area contributed by atoms with Crippen molar-refractivity contribution in [1.82, 2.24) is 5.43 Å². The average Bonchev–Trinajstić information content (AvgIpc) is 2.87. The van der Waals surface area contributed by atoms with Crippen molar-refractivity contribution in [3.05, 3.63) is 50.7 Å². The molecule has 0 fully saturated rings. The minimum absolute atomic E-state index is 0.467. The van der Waals surface area contributed by atoms with E-state index in [9.17, 15) is 0 Å². The van der Waals surface area contributed by atoms with Crippen LogP contribution in [0.15, 0.2) is 35.4 Å². The highest BCUT2D eigenvalue weighted by atomic mass is 35.5. The molecular weight excluding hydrogens is 322 g/mol. The van der Waals surface area contributed by atoms with E-state index in [-0.39, 0.29) is 0 Å². The Kier molecular flexibility index (Phi) is 5.33. The maximum absolute atomic E-state index is 5.91. The molecule has 1 aromatic carbocycles. The second kappa shape index (κ2) is 7.02. The molecule has 0 radical (unpaired) electrons. The van der Waals surface area contributed by atoms with Gasteiger partial charge in [0, 0.05) is 5.69 Å². The van der Waals surface area contributed by atoms with Gasteiger partial charge in [-0.2, -0.15) is 5.10 Å². The van der Waals surface area contributed by atoms with Crippen LogP contribution in [0.2, 0.25) is 4.34 Å². The Labute approximate surface area is 139 Å². The van der Waals surface area contributed by atoms with Crippen molar-refractivity contribution in [1.29, 1.82) is 0 Å². The number of nitrogens with one attached hydrogen (secondary N) is 2. The van der Waals surface area contributed by atoms with Gasteiger partial charge < -0.3 is 5.32 Å². The molecule has 0 saturated heterocycles. The molecule has 0 aliphatic carbocycles. The number of aryl methyl sites for hydroxylation is 2. The second-order valence-electron chi connectivity index (χ2n) is 4.63. The fourth-order valence-electron chi connectivity index (χ4n) is 1.85. The standard InChI is InChI=1S/C15H16ClN3S2/c1-9-5-4-6-10(2)14(9)17-15(20)19-18-11(3)12-7-8-13(16)21-12/h4-8H,1-3H3,(H2,17,19,20)/b18-11-. The Bertz CT molecular complexity index is 672. The summed E-state index contributed by atoms with van der Waals surface area (Å²) in [6.07, 6.45) is 0. The summed E-state index contributed by atoms with van der Waals surface area (Å²) < 4.78 is 0.746. The molecule has 0 amide bonds. The highest BCUT2D eigenvalue weighted by Gasteiger charge is 2.05. The maximum atomic E-state index is 5.91. The smallest absolute Gasteiger partial charge is 0.191 e. The fourth-order valence-corrected chi connectivity index (χ4v) is 2.99. The molecule has 3 nitrogen and oxygen atoms in total. The van der Waals surface area contributed by atoms with Gasteiger partial charge in [0.1, 0.15) is 0 Å². The highest BCUT2D eigenvalue weighted by molar-refractivity contribution is 7.80. The molecule has 0 spiro atoms. The van der Waals surface area contributed by atoms with Crippen LogP contribution in [0.5, 0.6) is 0 Å². The van der Waals surface area contributed by atoms with Crippen LogP contribution in [0.3, 0.4) is 0 Å². The average molecular weight is 338 g/mol. The van der Waals surface area contributed by atoms with Crippen LogP contribution in [0.1, 0.15) is 22.9 Å². The molecule has 21 heavy (non-hydrogen) atoms. The number of rotatable bonds is 3. The lowest BCUT2D eigenvalue weighted by atomic mass is 10.1. The van der Waals surface area contributed by atoms with Crippen molar-refractivity contribution in [2.75, 3.05) is 5.32 Å². The molecular formula is C15H16ClN3S2. The molecule has 0 aliphatic rings. The first-order valence-electron chi connectivity index (χ1n) is 6.40. The minimum Gasteiger partial charge on any atom is -0.331 e. The SMILES string of the molecule is C/C(=N/NC(=S)Nc1c(C)cccc1C)c1ccc(Cl)s1. The molecule has 1 aromatic heterocycles. The fraction of sp³-hybridized carbons (Fsp3) is 0.200. The first-order chi connectivity index (χ1) is 9.97. The summed E-state index contributed by atoms with van der Waals surface area (Å²) in [6, 6.07) is 9.90. The number of thiocarbonyl (C=S) groups is 1. The minimum atomic E-state index is 0.467. The molecule has 110 valence electrons. The number of thiophene rings is 1. The Hall–Kier alpha value is -1.43.